The zero-order valence-corrected chi connectivity index (χ0v) is 9.73. The first-order chi connectivity index (χ1) is 6.84. The Balaban J connectivity index is 2.21. The lowest BCUT2D eigenvalue weighted by atomic mass is 10.2. The maximum Gasteiger partial charge on any atom is 0.0731 e. The van der Waals surface area contributed by atoms with Crippen LogP contribution in [-0.2, 0) is 11.3 Å². The maximum atomic E-state index is 5.97. The molecule has 0 radical (unpaired) electrons. The summed E-state index contributed by atoms with van der Waals surface area (Å²) in [6, 6.07) is 7.76. The van der Waals surface area contributed by atoms with Crippen molar-refractivity contribution in [3.05, 3.63) is 34.9 Å². The van der Waals surface area contributed by atoms with Crippen LogP contribution < -0.4 is 0 Å². The fourth-order valence-electron chi connectivity index (χ4n) is 1.11. The summed E-state index contributed by atoms with van der Waals surface area (Å²) < 4.78 is 5.48. The van der Waals surface area contributed by atoms with Crippen LogP contribution in [0, 0.1) is 0 Å². The Labute approximate surface area is 95.8 Å². The van der Waals surface area contributed by atoms with Crippen molar-refractivity contribution >= 4 is 24.2 Å². The van der Waals surface area contributed by atoms with Crippen LogP contribution in [0.2, 0.25) is 5.02 Å². The molecule has 0 fully saturated rings. The molecule has 0 heterocycles. The number of ether oxygens (including phenoxy) is 1. The zero-order valence-electron chi connectivity index (χ0n) is 8.08. The molecule has 0 amide bonds. The quantitative estimate of drug-likeness (QED) is 0.581. The molecular weight excluding hydrogens is 216 g/mol. The Kier molecular flexibility index (Phi) is 6.08. The number of halogens is 1. The van der Waals surface area contributed by atoms with Crippen LogP contribution in [0.25, 0.3) is 0 Å². The molecule has 0 aliphatic heterocycles. The van der Waals surface area contributed by atoms with E-state index >= 15 is 0 Å². The Bertz CT molecular complexity index is 265. The summed E-state index contributed by atoms with van der Waals surface area (Å²) in [5.41, 5.74) is 1.06. The molecule has 3 heteroatoms. The fraction of sp³-hybridized carbons (Fsp3) is 0.455. The van der Waals surface area contributed by atoms with Gasteiger partial charge < -0.3 is 4.74 Å². The minimum Gasteiger partial charge on any atom is -0.377 e. The standard InChI is InChI=1S/C11H15ClOS/c12-11-6-2-1-5-10(11)9-13-7-3-4-8-14/h1-2,5-6,14H,3-4,7-9H2. The molecule has 0 aliphatic rings. The van der Waals surface area contributed by atoms with Crippen LogP contribution in [0.15, 0.2) is 24.3 Å². The van der Waals surface area contributed by atoms with Crippen molar-refractivity contribution < 1.29 is 4.74 Å². The minimum atomic E-state index is 0.603. The van der Waals surface area contributed by atoms with Crippen LogP contribution in [-0.4, -0.2) is 12.4 Å². The lowest BCUT2D eigenvalue weighted by Crippen LogP contribution is -1.96. The van der Waals surface area contributed by atoms with Crippen molar-refractivity contribution in [3.8, 4) is 0 Å². The molecule has 0 saturated heterocycles. The van der Waals surface area contributed by atoms with Gasteiger partial charge in [-0.2, -0.15) is 12.6 Å². The van der Waals surface area contributed by atoms with Gasteiger partial charge in [-0.1, -0.05) is 29.8 Å². The summed E-state index contributed by atoms with van der Waals surface area (Å²) in [6.45, 7) is 1.39. The molecular formula is C11H15ClOS. The molecule has 0 saturated carbocycles. The number of benzene rings is 1. The highest BCUT2D eigenvalue weighted by Gasteiger charge is 1.97. The van der Waals surface area contributed by atoms with E-state index in [0.29, 0.717) is 6.61 Å². The van der Waals surface area contributed by atoms with E-state index < -0.39 is 0 Å². The van der Waals surface area contributed by atoms with Crippen LogP contribution in [0.1, 0.15) is 18.4 Å². The molecule has 0 aliphatic carbocycles. The summed E-state index contributed by atoms with van der Waals surface area (Å²) in [7, 11) is 0. The van der Waals surface area contributed by atoms with Gasteiger partial charge in [0, 0.05) is 11.6 Å². The number of rotatable bonds is 6. The number of unbranched alkanes of at least 4 members (excludes halogenated alkanes) is 1. The van der Waals surface area contributed by atoms with Gasteiger partial charge in [0.15, 0.2) is 0 Å². The Morgan fingerprint density at radius 3 is 2.71 bits per heavy atom. The third-order valence-corrected chi connectivity index (χ3v) is 2.60. The summed E-state index contributed by atoms with van der Waals surface area (Å²) >= 11 is 10.1. The number of hydrogen-bond donors (Lipinski definition) is 1. The monoisotopic (exact) mass is 230 g/mol. The third kappa shape index (κ3) is 4.36. The number of thiol groups is 1. The highest BCUT2D eigenvalue weighted by atomic mass is 35.5. The van der Waals surface area contributed by atoms with Gasteiger partial charge in [-0.25, -0.2) is 0 Å². The van der Waals surface area contributed by atoms with Gasteiger partial charge in [0.05, 0.1) is 6.61 Å². The molecule has 14 heavy (non-hydrogen) atoms. The highest BCUT2D eigenvalue weighted by molar-refractivity contribution is 7.80. The van der Waals surface area contributed by atoms with Crippen molar-refractivity contribution in [3.63, 3.8) is 0 Å². The zero-order chi connectivity index (χ0) is 10.2. The molecule has 1 aromatic rings. The van der Waals surface area contributed by atoms with E-state index in [0.717, 1.165) is 35.8 Å². The molecule has 0 aromatic heterocycles. The Morgan fingerprint density at radius 2 is 2.00 bits per heavy atom. The van der Waals surface area contributed by atoms with Crippen LogP contribution in [0.4, 0.5) is 0 Å². The van der Waals surface area contributed by atoms with E-state index in [1.807, 2.05) is 24.3 Å². The summed E-state index contributed by atoms with van der Waals surface area (Å²) in [5, 5.41) is 0.779. The van der Waals surface area contributed by atoms with Crippen LogP contribution in [0.5, 0.6) is 0 Å². The van der Waals surface area contributed by atoms with Gasteiger partial charge in [-0.05, 0) is 30.2 Å². The van der Waals surface area contributed by atoms with Gasteiger partial charge in [-0.3, -0.25) is 0 Å². The van der Waals surface area contributed by atoms with Gasteiger partial charge >= 0.3 is 0 Å². The van der Waals surface area contributed by atoms with Crippen molar-refractivity contribution in [2.75, 3.05) is 12.4 Å². The predicted octanol–water partition coefficient (Wildman–Crippen LogP) is 3.57. The largest absolute Gasteiger partial charge is 0.377 e. The summed E-state index contributed by atoms with van der Waals surface area (Å²) in [4.78, 5) is 0. The molecule has 0 N–H and O–H groups in total. The molecule has 78 valence electrons. The predicted molar refractivity (Wildman–Crippen MR) is 64.2 cm³/mol. The molecule has 1 aromatic carbocycles. The third-order valence-electron chi connectivity index (χ3n) is 1.91. The first-order valence-electron chi connectivity index (χ1n) is 4.76. The normalized spacial score (nSPS) is 10.4. The SMILES string of the molecule is SCCCCOCc1ccccc1Cl. The smallest absolute Gasteiger partial charge is 0.0731 e. The topological polar surface area (TPSA) is 9.23 Å². The summed E-state index contributed by atoms with van der Waals surface area (Å²) in [5.74, 6) is 0.926. The van der Waals surface area contributed by atoms with E-state index in [2.05, 4.69) is 12.6 Å². The Hall–Kier alpha value is -0.180. The van der Waals surface area contributed by atoms with E-state index in [1.165, 1.54) is 0 Å². The second-order valence-electron chi connectivity index (χ2n) is 3.07. The van der Waals surface area contributed by atoms with Crippen molar-refractivity contribution in [2.45, 2.75) is 19.4 Å². The number of hydrogen-bond acceptors (Lipinski definition) is 2. The van der Waals surface area contributed by atoms with E-state index in [1.54, 1.807) is 0 Å². The second kappa shape index (κ2) is 7.16. The molecule has 0 bridgehead atoms. The van der Waals surface area contributed by atoms with Crippen molar-refractivity contribution in [1.29, 1.82) is 0 Å². The average Bonchev–Trinajstić information content (AvgIpc) is 2.20. The highest BCUT2D eigenvalue weighted by Crippen LogP contribution is 2.15. The fourth-order valence-corrected chi connectivity index (χ4v) is 1.53. The van der Waals surface area contributed by atoms with Crippen molar-refractivity contribution in [1.82, 2.24) is 0 Å². The molecule has 1 rings (SSSR count). The summed E-state index contributed by atoms with van der Waals surface area (Å²) in [6.07, 6.45) is 2.17. The second-order valence-corrected chi connectivity index (χ2v) is 3.93. The average molecular weight is 231 g/mol. The van der Waals surface area contributed by atoms with Gasteiger partial charge in [0.1, 0.15) is 0 Å². The molecule has 0 unspecified atom stereocenters. The first-order valence-corrected chi connectivity index (χ1v) is 5.77. The van der Waals surface area contributed by atoms with Crippen LogP contribution >= 0.6 is 24.2 Å². The van der Waals surface area contributed by atoms with E-state index in [4.69, 9.17) is 16.3 Å². The van der Waals surface area contributed by atoms with Gasteiger partial charge in [0.25, 0.3) is 0 Å². The van der Waals surface area contributed by atoms with Crippen LogP contribution in [0.3, 0.4) is 0 Å². The molecule has 1 nitrogen and oxygen atoms in total. The molecule has 0 atom stereocenters. The lowest BCUT2D eigenvalue weighted by molar-refractivity contribution is 0.118. The Morgan fingerprint density at radius 1 is 1.21 bits per heavy atom. The molecule has 0 spiro atoms. The lowest BCUT2D eigenvalue weighted by Gasteiger charge is -2.05. The maximum absolute atomic E-state index is 5.97. The van der Waals surface area contributed by atoms with E-state index in [9.17, 15) is 0 Å². The van der Waals surface area contributed by atoms with E-state index in [-0.39, 0.29) is 0 Å². The minimum absolute atomic E-state index is 0.603. The van der Waals surface area contributed by atoms with Crippen molar-refractivity contribution in [2.24, 2.45) is 0 Å². The van der Waals surface area contributed by atoms with Gasteiger partial charge in [0.2, 0.25) is 0 Å². The first kappa shape index (κ1) is 11.9. The van der Waals surface area contributed by atoms with Gasteiger partial charge in [-0.15, -0.1) is 0 Å².